The zero-order chi connectivity index (χ0) is 18.2. The van der Waals surface area contributed by atoms with Crippen LogP contribution in [0.5, 0.6) is 17.4 Å². The van der Waals surface area contributed by atoms with E-state index in [0.717, 1.165) is 5.56 Å². The third-order valence-corrected chi connectivity index (χ3v) is 3.68. The van der Waals surface area contributed by atoms with Gasteiger partial charge in [-0.05, 0) is 23.8 Å². The Bertz CT molecular complexity index is 865. The van der Waals surface area contributed by atoms with Crippen molar-refractivity contribution in [3.05, 3.63) is 84.1 Å². The van der Waals surface area contributed by atoms with E-state index in [4.69, 9.17) is 14.2 Å². The van der Waals surface area contributed by atoms with Gasteiger partial charge in [0.1, 0.15) is 18.1 Å². The Morgan fingerprint density at radius 1 is 0.962 bits per heavy atom. The molecular formula is C21H19NO4. The number of methoxy groups -OCH3 is 1. The maximum absolute atomic E-state index is 11.5. The number of esters is 1. The Labute approximate surface area is 152 Å². The molecule has 3 rings (SSSR count). The first-order chi connectivity index (χ1) is 12.7. The van der Waals surface area contributed by atoms with Crippen LogP contribution in [-0.4, -0.2) is 18.1 Å². The van der Waals surface area contributed by atoms with E-state index in [-0.39, 0.29) is 12.4 Å². The monoisotopic (exact) mass is 349 g/mol. The SMILES string of the molecule is COC(=O)Cc1cccnc1Oc1cccc(OCc2ccccc2)c1. The Morgan fingerprint density at radius 3 is 2.58 bits per heavy atom. The largest absolute Gasteiger partial charge is 0.489 e. The van der Waals surface area contributed by atoms with Crippen molar-refractivity contribution >= 4 is 5.97 Å². The highest BCUT2D eigenvalue weighted by Gasteiger charge is 2.11. The van der Waals surface area contributed by atoms with Crippen molar-refractivity contribution in [1.29, 1.82) is 0 Å². The van der Waals surface area contributed by atoms with Gasteiger partial charge in [0.25, 0.3) is 0 Å². The highest BCUT2D eigenvalue weighted by atomic mass is 16.5. The Hall–Kier alpha value is -3.34. The summed E-state index contributed by atoms with van der Waals surface area (Å²) >= 11 is 0. The van der Waals surface area contributed by atoms with Gasteiger partial charge in [-0.25, -0.2) is 4.98 Å². The molecule has 0 spiro atoms. The molecule has 0 bridgehead atoms. The van der Waals surface area contributed by atoms with E-state index >= 15 is 0 Å². The van der Waals surface area contributed by atoms with E-state index in [1.807, 2.05) is 48.5 Å². The van der Waals surface area contributed by atoms with Gasteiger partial charge in [0.05, 0.1) is 13.5 Å². The van der Waals surface area contributed by atoms with Crippen molar-refractivity contribution in [1.82, 2.24) is 4.98 Å². The second kappa shape index (κ2) is 8.67. The number of carbonyl (C=O) groups is 1. The Kier molecular flexibility index (Phi) is 5.83. The van der Waals surface area contributed by atoms with Crippen molar-refractivity contribution in [3.63, 3.8) is 0 Å². The Morgan fingerprint density at radius 2 is 1.77 bits per heavy atom. The van der Waals surface area contributed by atoms with E-state index in [1.54, 1.807) is 24.4 Å². The van der Waals surface area contributed by atoms with Crippen LogP contribution in [-0.2, 0) is 22.6 Å². The summed E-state index contributed by atoms with van der Waals surface area (Å²) in [6.07, 6.45) is 1.72. The maximum atomic E-state index is 11.5. The average molecular weight is 349 g/mol. The Balaban J connectivity index is 1.70. The maximum Gasteiger partial charge on any atom is 0.310 e. The van der Waals surface area contributed by atoms with Crippen molar-refractivity contribution in [2.75, 3.05) is 7.11 Å². The molecule has 0 radical (unpaired) electrons. The molecule has 1 aromatic heterocycles. The van der Waals surface area contributed by atoms with E-state index in [9.17, 15) is 4.79 Å². The number of nitrogens with zero attached hydrogens (tertiary/aromatic N) is 1. The predicted octanol–water partition coefficient (Wildman–Crippen LogP) is 4.17. The fourth-order valence-corrected chi connectivity index (χ4v) is 2.36. The van der Waals surface area contributed by atoms with Crippen molar-refractivity contribution in [2.45, 2.75) is 13.0 Å². The number of pyridine rings is 1. The van der Waals surface area contributed by atoms with Crippen molar-refractivity contribution < 1.29 is 19.0 Å². The first-order valence-corrected chi connectivity index (χ1v) is 8.20. The third-order valence-electron chi connectivity index (χ3n) is 3.68. The van der Waals surface area contributed by atoms with Crippen LogP contribution in [0.15, 0.2) is 72.9 Å². The number of benzene rings is 2. The molecule has 1 heterocycles. The second-order valence-corrected chi connectivity index (χ2v) is 5.57. The van der Waals surface area contributed by atoms with E-state index < -0.39 is 0 Å². The van der Waals surface area contributed by atoms with Crippen molar-refractivity contribution in [3.8, 4) is 17.4 Å². The van der Waals surface area contributed by atoms with Gasteiger partial charge in [-0.3, -0.25) is 4.79 Å². The molecule has 2 aromatic carbocycles. The van der Waals surface area contributed by atoms with Crippen LogP contribution < -0.4 is 9.47 Å². The van der Waals surface area contributed by atoms with Gasteiger partial charge in [0, 0.05) is 17.8 Å². The van der Waals surface area contributed by atoms with Gasteiger partial charge >= 0.3 is 5.97 Å². The molecule has 0 saturated heterocycles. The topological polar surface area (TPSA) is 57.7 Å². The minimum absolute atomic E-state index is 0.101. The summed E-state index contributed by atoms with van der Waals surface area (Å²) in [5.74, 6) is 1.30. The van der Waals surface area contributed by atoms with E-state index in [2.05, 4.69) is 4.98 Å². The average Bonchev–Trinajstić information content (AvgIpc) is 2.69. The summed E-state index contributed by atoms with van der Waals surface area (Å²) in [5.41, 5.74) is 1.75. The molecule has 0 N–H and O–H groups in total. The molecular weight excluding hydrogens is 330 g/mol. The number of hydrogen-bond acceptors (Lipinski definition) is 5. The molecule has 0 amide bonds. The lowest BCUT2D eigenvalue weighted by atomic mass is 10.2. The van der Waals surface area contributed by atoms with Crippen LogP contribution in [0.1, 0.15) is 11.1 Å². The predicted molar refractivity (Wildman–Crippen MR) is 97.2 cm³/mol. The summed E-state index contributed by atoms with van der Waals surface area (Å²) in [5, 5.41) is 0. The molecule has 0 atom stereocenters. The quantitative estimate of drug-likeness (QED) is 0.599. The third kappa shape index (κ3) is 4.83. The molecule has 0 fully saturated rings. The van der Waals surface area contributed by atoms with Crippen LogP contribution in [0.4, 0.5) is 0 Å². The lowest BCUT2D eigenvalue weighted by Gasteiger charge is -2.11. The van der Waals surface area contributed by atoms with Gasteiger partial charge in [-0.15, -0.1) is 0 Å². The minimum atomic E-state index is -0.345. The number of rotatable bonds is 7. The van der Waals surface area contributed by atoms with Crippen LogP contribution in [0.3, 0.4) is 0 Å². The van der Waals surface area contributed by atoms with Gasteiger partial charge in [0.2, 0.25) is 5.88 Å². The first kappa shape index (κ1) is 17.5. The molecule has 132 valence electrons. The standard InChI is InChI=1S/C21H19NO4/c1-24-20(23)13-17-9-6-12-22-21(17)26-19-11-5-10-18(14-19)25-15-16-7-3-2-4-8-16/h2-12,14H,13,15H2,1H3. The highest BCUT2D eigenvalue weighted by molar-refractivity contribution is 5.73. The molecule has 0 unspecified atom stereocenters. The molecule has 5 nitrogen and oxygen atoms in total. The van der Waals surface area contributed by atoms with Crippen LogP contribution >= 0.6 is 0 Å². The molecule has 3 aromatic rings. The molecule has 26 heavy (non-hydrogen) atoms. The molecule has 0 aliphatic heterocycles. The van der Waals surface area contributed by atoms with Crippen LogP contribution in [0, 0.1) is 0 Å². The van der Waals surface area contributed by atoms with Crippen LogP contribution in [0.25, 0.3) is 0 Å². The summed E-state index contributed by atoms with van der Waals surface area (Å²) in [6.45, 7) is 0.474. The van der Waals surface area contributed by atoms with Crippen LogP contribution in [0.2, 0.25) is 0 Å². The zero-order valence-corrected chi connectivity index (χ0v) is 14.4. The summed E-state index contributed by atoms with van der Waals surface area (Å²) in [6, 6.07) is 20.8. The van der Waals surface area contributed by atoms with Crippen molar-refractivity contribution in [2.24, 2.45) is 0 Å². The normalized spacial score (nSPS) is 10.2. The number of hydrogen-bond donors (Lipinski definition) is 0. The summed E-state index contributed by atoms with van der Waals surface area (Å²) in [7, 11) is 1.35. The van der Waals surface area contributed by atoms with Gasteiger partial charge in [0.15, 0.2) is 0 Å². The summed E-state index contributed by atoms with van der Waals surface area (Å²) in [4.78, 5) is 15.7. The fourth-order valence-electron chi connectivity index (χ4n) is 2.36. The molecule has 0 aliphatic rings. The molecule has 5 heteroatoms. The summed E-state index contributed by atoms with van der Waals surface area (Å²) < 4.78 is 16.4. The molecule has 0 saturated carbocycles. The second-order valence-electron chi connectivity index (χ2n) is 5.57. The lowest BCUT2D eigenvalue weighted by molar-refractivity contribution is -0.139. The number of aromatic nitrogens is 1. The van der Waals surface area contributed by atoms with E-state index in [1.165, 1.54) is 7.11 Å². The van der Waals surface area contributed by atoms with E-state index in [0.29, 0.717) is 29.5 Å². The molecule has 0 aliphatic carbocycles. The van der Waals surface area contributed by atoms with Gasteiger partial charge in [-0.1, -0.05) is 42.5 Å². The minimum Gasteiger partial charge on any atom is -0.489 e. The first-order valence-electron chi connectivity index (χ1n) is 8.20. The lowest BCUT2D eigenvalue weighted by Crippen LogP contribution is -2.06. The zero-order valence-electron chi connectivity index (χ0n) is 14.4. The fraction of sp³-hybridized carbons (Fsp3) is 0.143. The number of carbonyl (C=O) groups excluding carboxylic acids is 1. The number of ether oxygens (including phenoxy) is 3. The van der Waals surface area contributed by atoms with Gasteiger partial charge < -0.3 is 14.2 Å². The van der Waals surface area contributed by atoms with Gasteiger partial charge in [-0.2, -0.15) is 0 Å². The smallest absolute Gasteiger partial charge is 0.310 e. The highest BCUT2D eigenvalue weighted by Crippen LogP contribution is 2.27.